The first-order valence-electron chi connectivity index (χ1n) is 5.81. The van der Waals surface area contributed by atoms with Gasteiger partial charge in [0.15, 0.2) is 6.04 Å². The van der Waals surface area contributed by atoms with E-state index in [9.17, 15) is 14.7 Å². The van der Waals surface area contributed by atoms with Crippen molar-refractivity contribution in [2.75, 3.05) is 0 Å². The Balaban J connectivity index is 2.92. The highest BCUT2D eigenvalue weighted by atomic mass is 35.5. The number of ether oxygens (including phenoxy) is 1. The highest BCUT2D eigenvalue weighted by molar-refractivity contribution is 6.32. The van der Waals surface area contributed by atoms with Crippen molar-refractivity contribution in [1.82, 2.24) is 5.32 Å². The van der Waals surface area contributed by atoms with E-state index in [1.165, 1.54) is 18.2 Å². The number of alkyl carbamates (subject to hydrolysis) is 1. The predicted molar refractivity (Wildman–Crippen MR) is 72.9 cm³/mol. The largest absolute Gasteiger partial charge is 0.506 e. The van der Waals surface area contributed by atoms with Crippen molar-refractivity contribution < 1.29 is 24.5 Å². The van der Waals surface area contributed by atoms with Gasteiger partial charge in [-0.15, -0.1) is 0 Å². The Bertz CT molecular complexity index is 524. The summed E-state index contributed by atoms with van der Waals surface area (Å²) in [6, 6.07) is 2.57. The van der Waals surface area contributed by atoms with Crippen molar-refractivity contribution >= 4 is 23.7 Å². The molecule has 0 radical (unpaired) electrons. The molecule has 0 bridgehead atoms. The first kappa shape index (κ1) is 16.1. The second-order valence-electron chi connectivity index (χ2n) is 5.13. The van der Waals surface area contributed by atoms with Gasteiger partial charge in [0.1, 0.15) is 11.4 Å². The molecule has 7 heteroatoms. The van der Waals surface area contributed by atoms with E-state index in [-0.39, 0.29) is 16.3 Å². The molecule has 0 aromatic heterocycles. The molecule has 1 rings (SSSR count). The number of hydrogen-bond donors (Lipinski definition) is 3. The normalized spacial score (nSPS) is 12.6. The molecule has 20 heavy (non-hydrogen) atoms. The summed E-state index contributed by atoms with van der Waals surface area (Å²) in [6.07, 6.45) is -0.853. The monoisotopic (exact) mass is 301 g/mol. The van der Waals surface area contributed by atoms with Crippen LogP contribution in [0.2, 0.25) is 5.02 Å². The van der Waals surface area contributed by atoms with E-state index >= 15 is 0 Å². The van der Waals surface area contributed by atoms with Crippen LogP contribution in [0.5, 0.6) is 5.75 Å². The van der Waals surface area contributed by atoms with Crippen molar-refractivity contribution in [2.24, 2.45) is 0 Å². The first-order valence-corrected chi connectivity index (χ1v) is 6.18. The van der Waals surface area contributed by atoms with Gasteiger partial charge in [-0.1, -0.05) is 17.7 Å². The summed E-state index contributed by atoms with van der Waals surface area (Å²) in [5, 5.41) is 20.7. The minimum Gasteiger partial charge on any atom is -0.506 e. The Labute approximate surface area is 121 Å². The van der Waals surface area contributed by atoms with Crippen LogP contribution < -0.4 is 5.32 Å². The fourth-order valence-corrected chi connectivity index (χ4v) is 1.60. The van der Waals surface area contributed by atoms with E-state index in [1.807, 2.05) is 0 Å². The number of carbonyl (C=O) groups excluding carboxylic acids is 1. The molecule has 6 nitrogen and oxygen atoms in total. The maximum atomic E-state index is 11.6. The highest BCUT2D eigenvalue weighted by Crippen LogP contribution is 2.27. The average Bonchev–Trinajstić information content (AvgIpc) is 2.27. The van der Waals surface area contributed by atoms with E-state index in [0.717, 1.165) is 0 Å². The molecule has 1 amide bonds. The van der Waals surface area contributed by atoms with Gasteiger partial charge in [-0.25, -0.2) is 9.59 Å². The van der Waals surface area contributed by atoms with Gasteiger partial charge in [0, 0.05) is 0 Å². The zero-order valence-corrected chi connectivity index (χ0v) is 12.1. The number of carbonyl (C=O) groups is 2. The molecule has 0 fully saturated rings. The molecule has 0 spiro atoms. The third-order valence-corrected chi connectivity index (χ3v) is 2.52. The fourth-order valence-electron chi connectivity index (χ4n) is 1.42. The van der Waals surface area contributed by atoms with Crippen molar-refractivity contribution in [3.8, 4) is 5.75 Å². The predicted octanol–water partition coefficient (Wildman–Crippen LogP) is 2.70. The standard InChI is InChI=1S/C13H16ClNO5/c1-13(2,3)20-12(19)15-10(11(17)18)7-4-5-9(16)8(14)6-7/h4-6,10,16H,1-3H3,(H,15,19)(H,17,18)/t10-/m1/s1. The van der Waals surface area contributed by atoms with Gasteiger partial charge in [0.05, 0.1) is 5.02 Å². The molecule has 1 atom stereocenters. The summed E-state index contributed by atoms with van der Waals surface area (Å²) in [5.41, 5.74) is -0.508. The van der Waals surface area contributed by atoms with Gasteiger partial charge < -0.3 is 20.3 Å². The van der Waals surface area contributed by atoms with E-state index in [2.05, 4.69) is 5.32 Å². The van der Waals surface area contributed by atoms with Crippen molar-refractivity contribution in [2.45, 2.75) is 32.4 Å². The number of rotatable bonds is 3. The first-order chi connectivity index (χ1) is 9.10. The molecule has 0 aliphatic heterocycles. The Hall–Kier alpha value is -1.95. The highest BCUT2D eigenvalue weighted by Gasteiger charge is 2.25. The lowest BCUT2D eigenvalue weighted by molar-refractivity contribution is -0.139. The van der Waals surface area contributed by atoms with Crippen LogP contribution in [-0.4, -0.2) is 27.9 Å². The van der Waals surface area contributed by atoms with Crippen LogP contribution in [0.1, 0.15) is 32.4 Å². The topological polar surface area (TPSA) is 95.9 Å². The number of phenols is 1. The number of aromatic hydroxyl groups is 1. The van der Waals surface area contributed by atoms with Crippen molar-refractivity contribution in [3.63, 3.8) is 0 Å². The number of phenolic OH excluding ortho intramolecular Hbond substituents is 1. The van der Waals surface area contributed by atoms with Crippen LogP contribution in [0.3, 0.4) is 0 Å². The van der Waals surface area contributed by atoms with Crippen LogP contribution in [0.4, 0.5) is 4.79 Å². The van der Waals surface area contributed by atoms with Crippen LogP contribution in [-0.2, 0) is 9.53 Å². The van der Waals surface area contributed by atoms with Gasteiger partial charge in [0.2, 0.25) is 0 Å². The summed E-state index contributed by atoms with van der Waals surface area (Å²) < 4.78 is 5.00. The number of halogens is 1. The average molecular weight is 302 g/mol. The lowest BCUT2D eigenvalue weighted by atomic mass is 10.1. The smallest absolute Gasteiger partial charge is 0.408 e. The van der Waals surface area contributed by atoms with Gasteiger partial charge in [-0.05, 0) is 38.5 Å². The summed E-state index contributed by atoms with van der Waals surface area (Å²) in [6.45, 7) is 5.00. The zero-order chi connectivity index (χ0) is 15.5. The van der Waals surface area contributed by atoms with E-state index < -0.39 is 23.7 Å². The van der Waals surface area contributed by atoms with Crippen molar-refractivity contribution in [3.05, 3.63) is 28.8 Å². The van der Waals surface area contributed by atoms with Crippen LogP contribution in [0, 0.1) is 0 Å². The number of benzene rings is 1. The molecule has 3 N–H and O–H groups in total. The molecule has 110 valence electrons. The summed E-state index contributed by atoms with van der Waals surface area (Å²) in [5.74, 6) is -1.44. The van der Waals surface area contributed by atoms with E-state index in [1.54, 1.807) is 20.8 Å². The summed E-state index contributed by atoms with van der Waals surface area (Å²) in [4.78, 5) is 22.8. The molecule has 1 aromatic rings. The summed E-state index contributed by atoms with van der Waals surface area (Å²) in [7, 11) is 0. The second kappa shape index (κ2) is 6.00. The number of nitrogens with one attached hydrogen (secondary N) is 1. The lowest BCUT2D eigenvalue weighted by Crippen LogP contribution is -2.38. The number of hydrogen-bond acceptors (Lipinski definition) is 4. The second-order valence-corrected chi connectivity index (χ2v) is 5.54. The molecule has 0 saturated heterocycles. The quantitative estimate of drug-likeness (QED) is 0.797. The Kier molecular flexibility index (Phi) is 4.83. The van der Waals surface area contributed by atoms with Gasteiger partial charge >= 0.3 is 12.1 Å². The van der Waals surface area contributed by atoms with Gasteiger partial charge in [-0.2, -0.15) is 0 Å². The molecule has 0 unspecified atom stereocenters. The molecular weight excluding hydrogens is 286 g/mol. The molecule has 0 aliphatic rings. The minimum absolute atomic E-state index is 0.000242. The molecular formula is C13H16ClNO5. The molecule has 1 aromatic carbocycles. The number of amides is 1. The van der Waals surface area contributed by atoms with Gasteiger partial charge in [0.25, 0.3) is 0 Å². The minimum atomic E-state index is -1.32. The maximum absolute atomic E-state index is 11.6. The van der Waals surface area contributed by atoms with Crippen LogP contribution in [0.25, 0.3) is 0 Å². The Morgan fingerprint density at radius 3 is 2.40 bits per heavy atom. The molecule has 0 saturated carbocycles. The van der Waals surface area contributed by atoms with Crippen molar-refractivity contribution in [1.29, 1.82) is 0 Å². The van der Waals surface area contributed by atoms with E-state index in [0.29, 0.717) is 0 Å². The van der Waals surface area contributed by atoms with Crippen LogP contribution >= 0.6 is 11.6 Å². The molecule has 0 aliphatic carbocycles. The third kappa shape index (κ3) is 4.62. The maximum Gasteiger partial charge on any atom is 0.408 e. The van der Waals surface area contributed by atoms with Gasteiger partial charge in [-0.3, -0.25) is 0 Å². The SMILES string of the molecule is CC(C)(C)OC(=O)N[C@@H](C(=O)O)c1ccc(O)c(Cl)c1. The Morgan fingerprint density at radius 2 is 1.95 bits per heavy atom. The molecule has 0 heterocycles. The van der Waals surface area contributed by atoms with Crippen LogP contribution in [0.15, 0.2) is 18.2 Å². The van der Waals surface area contributed by atoms with E-state index in [4.69, 9.17) is 21.4 Å². The summed E-state index contributed by atoms with van der Waals surface area (Å²) >= 11 is 5.72. The fraction of sp³-hybridized carbons (Fsp3) is 0.385. The third-order valence-electron chi connectivity index (χ3n) is 2.21. The number of aliphatic carboxylic acids is 1. The lowest BCUT2D eigenvalue weighted by Gasteiger charge is -2.22. The number of carboxylic acid groups (broad SMARTS) is 1. The zero-order valence-electron chi connectivity index (χ0n) is 11.3. The number of carboxylic acids is 1. The Morgan fingerprint density at radius 1 is 1.35 bits per heavy atom.